The standard InChI is InChI=1S/C20H36N6O2.HI/c1-14-15(2)28-18(24-14)13-26-9-7-16(8-10-26)11-22-19(21-6)23-12-17(27)25-20(3,4)5;/h16H,7-13H2,1-6H3,(H,25,27)(H2,21,22,23);1H. The van der Waals surface area contributed by atoms with Crippen LogP contribution in [0.25, 0.3) is 0 Å². The minimum atomic E-state index is -0.230. The third-order valence-corrected chi connectivity index (χ3v) is 4.85. The maximum atomic E-state index is 11.9. The molecule has 0 aliphatic carbocycles. The number of amides is 1. The Balaban J connectivity index is 0.00000420. The van der Waals surface area contributed by atoms with Crippen LogP contribution in [0, 0.1) is 19.8 Å². The number of aryl methyl sites for hydroxylation is 2. The van der Waals surface area contributed by atoms with Gasteiger partial charge in [0.15, 0.2) is 5.96 Å². The molecule has 2 rings (SSSR count). The van der Waals surface area contributed by atoms with Crippen molar-refractivity contribution in [3.05, 3.63) is 17.3 Å². The number of nitrogens with one attached hydrogen (secondary N) is 3. The number of aliphatic imine (C=N–C) groups is 1. The Labute approximate surface area is 191 Å². The van der Waals surface area contributed by atoms with Gasteiger partial charge >= 0.3 is 0 Å². The van der Waals surface area contributed by atoms with Crippen LogP contribution in [-0.2, 0) is 11.3 Å². The van der Waals surface area contributed by atoms with Crippen molar-refractivity contribution in [2.45, 2.75) is 59.5 Å². The van der Waals surface area contributed by atoms with E-state index >= 15 is 0 Å². The summed E-state index contributed by atoms with van der Waals surface area (Å²) in [4.78, 5) is 23.0. The zero-order valence-electron chi connectivity index (χ0n) is 18.6. The summed E-state index contributed by atoms with van der Waals surface area (Å²) in [7, 11) is 1.72. The van der Waals surface area contributed by atoms with Crippen molar-refractivity contribution < 1.29 is 9.21 Å². The number of carbonyl (C=O) groups is 1. The van der Waals surface area contributed by atoms with Crippen molar-refractivity contribution >= 4 is 35.8 Å². The zero-order valence-corrected chi connectivity index (χ0v) is 20.9. The number of likely N-dealkylation sites (tertiary alicyclic amines) is 1. The van der Waals surface area contributed by atoms with E-state index in [-0.39, 0.29) is 42.0 Å². The Morgan fingerprint density at radius 3 is 2.41 bits per heavy atom. The van der Waals surface area contributed by atoms with E-state index in [9.17, 15) is 4.79 Å². The highest BCUT2D eigenvalue weighted by Crippen LogP contribution is 2.19. The number of nitrogens with zero attached hydrogens (tertiary/aromatic N) is 3. The van der Waals surface area contributed by atoms with Crippen LogP contribution < -0.4 is 16.0 Å². The number of aromatic nitrogens is 1. The lowest BCUT2D eigenvalue weighted by Crippen LogP contribution is -2.49. The number of oxazole rings is 1. The van der Waals surface area contributed by atoms with Gasteiger partial charge < -0.3 is 20.4 Å². The molecule has 0 radical (unpaired) electrons. The first kappa shape index (κ1) is 25.7. The number of halogens is 1. The van der Waals surface area contributed by atoms with Crippen LogP contribution in [0.3, 0.4) is 0 Å². The topological polar surface area (TPSA) is 94.8 Å². The number of hydrogen-bond donors (Lipinski definition) is 3. The summed E-state index contributed by atoms with van der Waals surface area (Å²) in [5, 5.41) is 9.35. The summed E-state index contributed by atoms with van der Waals surface area (Å²) in [6.45, 7) is 13.7. The van der Waals surface area contributed by atoms with Crippen LogP contribution in [0.1, 0.15) is 51.0 Å². The highest BCUT2D eigenvalue weighted by Gasteiger charge is 2.21. The lowest BCUT2D eigenvalue weighted by Gasteiger charge is -2.31. The third kappa shape index (κ3) is 9.33. The summed E-state index contributed by atoms with van der Waals surface area (Å²) in [5.74, 6) is 2.93. The Bertz CT molecular complexity index is 656. The van der Waals surface area contributed by atoms with Crippen LogP contribution in [-0.4, -0.2) is 60.5 Å². The Hall–Kier alpha value is -1.36. The molecule has 1 amide bonds. The number of rotatable bonds is 6. The fraction of sp³-hybridized carbons (Fsp3) is 0.750. The summed E-state index contributed by atoms with van der Waals surface area (Å²) in [6, 6.07) is 0. The molecular weight excluding hydrogens is 483 g/mol. The Morgan fingerprint density at radius 1 is 1.24 bits per heavy atom. The summed E-state index contributed by atoms with van der Waals surface area (Å²) < 4.78 is 5.69. The van der Waals surface area contributed by atoms with Crippen LogP contribution in [0.2, 0.25) is 0 Å². The molecule has 0 spiro atoms. The molecular formula is C20H37IN6O2. The van der Waals surface area contributed by atoms with Crippen molar-refractivity contribution in [3.63, 3.8) is 0 Å². The fourth-order valence-corrected chi connectivity index (χ4v) is 3.23. The maximum absolute atomic E-state index is 11.9. The minimum Gasteiger partial charge on any atom is -0.444 e. The van der Waals surface area contributed by atoms with E-state index in [1.54, 1.807) is 7.05 Å². The van der Waals surface area contributed by atoms with Gasteiger partial charge in [-0.25, -0.2) is 4.98 Å². The lowest BCUT2D eigenvalue weighted by atomic mass is 9.97. The molecule has 9 heteroatoms. The van der Waals surface area contributed by atoms with Crippen LogP contribution >= 0.6 is 24.0 Å². The number of piperidine rings is 1. The van der Waals surface area contributed by atoms with Gasteiger partial charge in [-0.3, -0.25) is 14.7 Å². The molecule has 1 saturated heterocycles. The quantitative estimate of drug-likeness (QED) is 0.303. The van der Waals surface area contributed by atoms with Gasteiger partial charge in [0.1, 0.15) is 5.76 Å². The lowest BCUT2D eigenvalue weighted by molar-refractivity contribution is -0.121. The van der Waals surface area contributed by atoms with E-state index < -0.39 is 0 Å². The van der Waals surface area contributed by atoms with Crippen molar-refractivity contribution in [2.75, 3.05) is 33.2 Å². The Kier molecular flexibility index (Phi) is 10.4. The molecule has 0 atom stereocenters. The highest BCUT2D eigenvalue weighted by atomic mass is 127. The first-order chi connectivity index (χ1) is 13.2. The second-order valence-electron chi connectivity index (χ2n) is 8.57. The first-order valence-corrected chi connectivity index (χ1v) is 10.1. The SMILES string of the molecule is CN=C(NCC(=O)NC(C)(C)C)NCC1CCN(Cc2nc(C)c(C)o2)CC1.I. The molecule has 1 aliphatic rings. The first-order valence-electron chi connectivity index (χ1n) is 10.1. The normalized spacial score (nSPS) is 16.3. The summed E-state index contributed by atoms with van der Waals surface area (Å²) in [5.41, 5.74) is 0.746. The average Bonchev–Trinajstić information content (AvgIpc) is 2.92. The molecule has 0 unspecified atom stereocenters. The highest BCUT2D eigenvalue weighted by molar-refractivity contribution is 14.0. The number of carbonyl (C=O) groups excluding carboxylic acids is 1. The third-order valence-electron chi connectivity index (χ3n) is 4.85. The summed E-state index contributed by atoms with van der Waals surface area (Å²) >= 11 is 0. The van der Waals surface area contributed by atoms with E-state index in [1.807, 2.05) is 34.6 Å². The molecule has 0 aromatic carbocycles. The molecule has 1 aromatic rings. The van der Waals surface area contributed by atoms with Gasteiger partial charge in [0.05, 0.1) is 18.8 Å². The molecule has 0 bridgehead atoms. The van der Waals surface area contributed by atoms with Gasteiger partial charge in [0.25, 0.3) is 0 Å². The molecule has 1 aliphatic heterocycles. The van der Waals surface area contributed by atoms with Crippen molar-refractivity contribution in [3.8, 4) is 0 Å². The minimum absolute atomic E-state index is 0. The molecule has 0 saturated carbocycles. The van der Waals surface area contributed by atoms with Gasteiger partial charge in [-0.15, -0.1) is 24.0 Å². The fourth-order valence-electron chi connectivity index (χ4n) is 3.23. The van der Waals surface area contributed by atoms with Crippen LogP contribution in [0.15, 0.2) is 9.41 Å². The van der Waals surface area contributed by atoms with Crippen LogP contribution in [0.5, 0.6) is 0 Å². The van der Waals surface area contributed by atoms with E-state index in [0.717, 1.165) is 56.4 Å². The monoisotopic (exact) mass is 520 g/mol. The van der Waals surface area contributed by atoms with E-state index in [0.29, 0.717) is 11.9 Å². The second-order valence-corrected chi connectivity index (χ2v) is 8.57. The molecule has 3 N–H and O–H groups in total. The molecule has 29 heavy (non-hydrogen) atoms. The van der Waals surface area contributed by atoms with Gasteiger partial charge in [-0.1, -0.05) is 0 Å². The predicted molar refractivity (Wildman–Crippen MR) is 127 cm³/mol. The number of guanidine groups is 1. The van der Waals surface area contributed by atoms with Gasteiger partial charge in [-0.05, 0) is 66.5 Å². The van der Waals surface area contributed by atoms with Gasteiger partial charge in [0.2, 0.25) is 11.8 Å². The zero-order chi connectivity index (χ0) is 20.7. The van der Waals surface area contributed by atoms with Crippen molar-refractivity contribution in [2.24, 2.45) is 10.9 Å². The molecule has 1 fully saturated rings. The molecule has 2 heterocycles. The van der Waals surface area contributed by atoms with E-state index in [4.69, 9.17) is 4.42 Å². The largest absolute Gasteiger partial charge is 0.444 e. The molecule has 1 aromatic heterocycles. The predicted octanol–water partition coefficient (Wildman–Crippen LogP) is 2.20. The smallest absolute Gasteiger partial charge is 0.239 e. The van der Waals surface area contributed by atoms with Crippen molar-refractivity contribution in [1.82, 2.24) is 25.8 Å². The van der Waals surface area contributed by atoms with Crippen LogP contribution in [0.4, 0.5) is 0 Å². The number of hydrogen-bond acceptors (Lipinski definition) is 5. The average molecular weight is 520 g/mol. The Morgan fingerprint density at radius 2 is 1.90 bits per heavy atom. The molecule has 8 nitrogen and oxygen atoms in total. The molecule has 166 valence electrons. The second kappa shape index (κ2) is 11.7. The van der Waals surface area contributed by atoms with Crippen molar-refractivity contribution in [1.29, 1.82) is 0 Å². The van der Waals surface area contributed by atoms with Gasteiger partial charge in [-0.2, -0.15) is 0 Å². The summed E-state index contributed by atoms with van der Waals surface area (Å²) in [6.07, 6.45) is 2.24. The van der Waals surface area contributed by atoms with E-state index in [1.165, 1.54) is 0 Å². The van der Waals surface area contributed by atoms with E-state index in [2.05, 4.69) is 30.8 Å². The van der Waals surface area contributed by atoms with Gasteiger partial charge in [0, 0.05) is 19.1 Å². The maximum Gasteiger partial charge on any atom is 0.239 e.